The third-order valence-corrected chi connectivity index (χ3v) is 4.23. The third-order valence-electron chi connectivity index (χ3n) is 4.23. The standard InChI is InChI=1S/C20H23N5O2/c1-13-5-7-16(8-6-13)17-9-18(20(26)21-14(2)12-27-4)11-19(10-17)25-15(3)22-23-24-25/h5-11,14H,12H2,1-4H3,(H,21,26). The fourth-order valence-corrected chi connectivity index (χ4v) is 2.85. The third kappa shape index (κ3) is 4.38. The molecule has 2 aromatic carbocycles. The van der Waals surface area contributed by atoms with E-state index in [-0.39, 0.29) is 11.9 Å². The second-order valence-electron chi connectivity index (χ2n) is 6.60. The summed E-state index contributed by atoms with van der Waals surface area (Å²) >= 11 is 0. The predicted molar refractivity (Wildman–Crippen MR) is 103 cm³/mol. The molecule has 140 valence electrons. The van der Waals surface area contributed by atoms with Crippen molar-refractivity contribution in [1.29, 1.82) is 0 Å². The number of ether oxygens (including phenoxy) is 1. The first-order chi connectivity index (χ1) is 13.0. The van der Waals surface area contributed by atoms with Gasteiger partial charge in [-0.25, -0.2) is 0 Å². The quantitative estimate of drug-likeness (QED) is 0.726. The van der Waals surface area contributed by atoms with E-state index in [1.807, 2.05) is 57.2 Å². The van der Waals surface area contributed by atoms with Crippen molar-refractivity contribution in [2.75, 3.05) is 13.7 Å². The molecule has 1 unspecified atom stereocenters. The van der Waals surface area contributed by atoms with Gasteiger partial charge in [-0.2, -0.15) is 4.68 Å². The number of nitrogens with zero attached hydrogens (tertiary/aromatic N) is 4. The van der Waals surface area contributed by atoms with E-state index in [1.54, 1.807) is 17.9 Å². The Hall–Kier alpha value is -3.06. The van der Waals surface area contributed by atoms with Gasteiger partial charge in [-0.05, 0) is 60.5 Å². The highest BCUT2D eigenvalue weighted by Crippen LogP contribution is 2.25. The minimum atomic E-state index is -0.166. The molecule has 1 heterocycles. The minimum Gasteiger partial charge on any atom is -0.383 e. The second kappa shape index (κ2) is 8.09. The largest absolute Gasteiger partial charge is 0.383 e. The SMILES string of the molecule is COCC(C)NC(=O)c1cc(-c2ccc(C)cc2)cc(-n2nnnc2C)c1. The number of tetrazole rings is 1. The van der Waals surface area contributed by atoms with E-state index in [0.29, 0.717) is 18.0 Å². The monoisotopic (exact) mass is 365 g/mol. The van der Waals surface area contributed by atoms with Crippen molar-refractivity contribution in [2.24, 2.45) is 0 Å². The lowest BCUT2D eigenvalue weighted by atomic mass is 10.0. The van der Waals surface area contributed by atoms with Crippen molar-refractivity contribution in [3.8, 4) is 16.8 Å². The lowest BCUT2D eigenvalue weighted by Crippen LogP contribution is -2.35. The molecule has 7 heteroatoms. The number of nitrogens with one attached hydrogen (secondary N) is 1. The first-order valence-electron chi connectivity index (χ1n) is 8.75. The maximum Gasteiger partial charge on any atom is 0.251 e. The van der Waals surface area contributed by atoms with Crippen molar-refractivity contribution in [1.82, 2.24) is 25.5 Å². The molecule has 0 saturated heterocycles. The topological polar surface area (TPSA) is 81.9 Å². The zero-order chi connectivity index (χ0) is 19.4. The molecule has 1 amide bonds. The Morgan fingerprint density at radius 3 is 2.52 bits per heavy atom. The van der Waals surface area contributed by atoms with Gasteiger partial charge < -0.3 is 10.1 Å². The Labute approximate surface area is 158 Å². The summed E-state index contributed by atoms with van der Waals surface area (Å²) < 4.78 is 6.72. The Morgan fingerprint density at radius 2 is 1.89 bits per heavy atom. The normalized spacial score (nSPS) is 12.0. The lowest BCUT2D eigenvalue weighted by Gasteiger charge is -2.15. The van der Waals surface area contributed by atoms with E-state index in [0.717, 1.165) is 16.8 Å². The van der Waals surface area contributed by atoms with Crippen LogP contribution in [0.4, 0.5) is 0 Å². The molecular formula is C20H23N5O2. The molecule has 7 nitrogen and oxygen atoms in total. The van der Waals surface area contributed by atoms with Crippen LogP contribution in [0.2, 0.25) is 0 Å². The van der Waals surface area contributed by atoms with Crippen LogP contribution in [0.3, 0.4) is 0 Å². The van der Waals surface area contributed by atoms with Crippen molar-refractivity contribution in [3.63, 3.8) is 0 Å². The van der Waals surface area contributed by atoms with Gasteiger partial charge in [-0.1, -0.05) is 29.8 Å². The van der Waals surface area contributed by atoms with Gasteiger partial charge in [0.15, 0.2) is 5.82 Å². The number of hydrogen-bond donors (Lipinski definition) is 1. The van der Waals surface area contributed by atoms with E-state index in [2.05, 4.69) is 20.8 Å². The van der Waals surface area contributed by atoms with Gasteiger partial charge >= 0.3 is 0 Å². The second-order valence-corrected chi connectivity index (χ2v) is 6.60. The highest BCUT2D eigenvalue weighted by molar-refractivity contribution is 5.96. The molecule has 0 aliphatic rings. The zero-order valence-electron chi connectivity index (χ0n) is 15.9. The van der Waals surface area contributed by atoms with Crippen molar-refractivity contribution >= 4 is 5.91 Å². The molecule has 1 aromatic heterocycles. The number of benzene rings is 2. The Morgan fingerprint density at radius 1 is 1.15 bits per heavy atom. The molecule has 1 N–H and O–H groups in total. The van der Waals surface area contributed by atoms with Crippen LogP contribution in [0.1, 0.15) is 28.7 Å². The summed E-state index contributed by atoms with van der Waals surface area (Å²) in [5.41, 5.74) is 4.40. The van der Waals surface area contributed by atoms with E-state index in [9.17, 15) is 4.79 Å². The van der Waals surface area contributed by atoms with Gasteiger partial charge in [0.1, 0.15) is 0 Å². The number of hydrogen-bond acceptors (Lipinski definition) is 5. The van der Waals surface area contributed by atoms with Crippen molar-refractivity contribution in [2.45, 2.75) is 26.8 Å². The zero-order valence-corrected chi connectivity index (χ0v) is 15.9. The highest BCUT2D eigenvalue weighted by Gasteiger charge is 2.15. The van der Waals surface area contributed by atoms with Crippen LogP contribution in [0.5, 0.6) is 0 Å². The van der Waals surface area contributed by atoms with Gasteiger partial charge in [0.2, 0.25) is 0 Å². The smallest absolute Gasteiger partial charge is 0.251 e. The first-order valence-corrected chi connectivity index (χ1v) is 8.75. The molecule has 0 saturated carbocycles. The number of rotatable bonds is 6. The van der Waals surface area contributed by atoms with Crippen LogP contribution in [-0.2, 0) is 4.74 Å². The van der Waals surface area contributed by atoms with Gasteiger partial charge in [0.25, 0.3) is 5.91 Å². The average molecular weight is 365 g/mol. The van der Waals surface area contributed by atoms with Gasteiger partial charge in [0, 0.05) is 18.7 Å². The molecular weight excluding hydrogens is 342 g/mol. The maximum absolute atomic E-state index is 12.7. The van der Waals surface area contributed by atoms with Crippen LogP contribution in [0.25, 0.3) is 16.8 Å². The number of aryl methyl sites for hydroxylation is 2. The maximum atomic E-state index is 12.7. The van der Waals surface area contributed by atoms with Gasteiger partial charge in [-0.3, -0.25) is 4.79 Å². The van der Waals surface area contributed by atoms with E-state index >= 15 is 0 Å². The molecule has 3 aromatic rings. The molecule has 0 bridgehead atoms. The summed E-state index contributed by atoms with van der Waals surface area (Å²) in [5, 5.41) is 14.6. The lowest BCUT2D eigenvalue weighted by molar-refractivity contribution is 0.0905. The molecule has 0 spiro atoms. The molecule has 0 radical (unpaired) electrons. The van der Waals surface area contributed by atoms with Crippen LogP contribution >= 0.6 is 0 Å². The summed E-state index contributed by atoms with van der Waals surface area (Å²) in [6.07, 6.45) is 0. The van der Waals surface area contributed by atoms with Gasteiger partial charge in [0.05, 0.1) is 12.3 Å². The van der Waals surface area contributed by atoms with E-state index in [4.69, 9.17) is 4.74 Å². The molecule has 1 atom stereocenters. The minimum absolute atomic E-state index is 0.0937. The van der Waals surface area contributed by atoms with E-state index < -0.39 is 0 Å². The highest BCUT2D eigenvalue weighted by atomic mass is 16.5. The Bertz CT molecular complexity index is 934. The molecule has 0 aliphatic heterocycles. The Kier molecular flexibility index (Phi) is 5.61. The molecule has 0 fully saturated rings. The average Bonchev–Trinajstić information content (AvgIpc) is 3.08. The summed E-state index contributed by atoms with van der Waals surface area (Å²) in [5.74, 6) is 0.482. The summed E-state index contributed by atoms with van der Waals surface area (Å²) in [7, 11) is 1.61. The fourth-order valence-electron chi connectivity index (χ4n) is 2.85. The van der Waals surface area contributed by atoms with Crippen LogP contribution < -0.4 is 5.32 Å². The molecule has 27 heavy (non-hydrogen) atoms. The van der Waals surface area contributed by atoms with Crippen molar-refractivity contribution in [3.05, 3.63) is 59.4 Å². The molecule has 0 aliphatic carbocycles. The number of amides is 1. The number of carbonyl (C=O) groups is 1. The van der Waals surface area contributed by atoms with Gasteiger partial charge in [-0.15, -0.1) is 5.10 Å². The van der Waals surface area contributed by atoms with Crippen molar-refractivity contribution < 1.29 is 9.53 Å². The van der Waals surface area contributed by atoms with Crippen LogP contribution in [0, 0.1) is 13.8 Å². The van der Waals surface area contributed by atoms with E-state index in [1.165, 1.54) is 5.56 Å². The predicted octanol–water partition coefficient (Wildman–Crippen LogP) is 2.71. The number of carbonyl (C=O) groups excluding carboxylic acids is 1. The number of aromatic nitrogens is 4. The van der Waals surface area contributed by atoms with Crippen LogP contribution in [-0.4, -0.2) is 45.9 Å². The van der Waals surface area contributed by atoms with Crippen LogP contribution in [0.15, 0.2) is 42.5 Å². The fraction of sp³-hybridized carbons (Fsp3) is 0.300. The summed E-state index contributed by atoms with van der Waals surface area (Å²) in [6.45, 7) is 6.21. The summed E-state index contributed by atoms with van der Waals surface area (Å²) in [6, 6.07) is 13.7. The Balaban J connectivity index is 2.04. The number of methoxy groups -OCH3 is 1. The molecule has 3 rings (SSSR count). The first kappa shape index (κ1) is 18.7. The summed E-state index contributed by atoms with van der Waals surface area (Å²) in [4.78, 5) is 12.7.